The van der Waals surface area contributed by atoms with Crippen molar-refractivity contribution in [2.45, 2.75) is 0 Å². The molecule has 0 atom stereocenters. The number of aromatic nitrogens is 4. The molecule has 3 aromatic rings. The maximum Gasteiger partial charge on any atom is 0.439 e. The van der Waals surface area contributed by atoms with Gasteiger partial charge >= 0.3 is 11.4 Å². The van der Waals surface area contributed by atoms with E-state index in [1.165, 1.54) is 30.0 Å². The van der Waals surface area contributed by atoms with E-state index >= 15 is 0 Å². The number of thiophene rings is 1. The Morgan fingerprint density at radius 3 is 2.60 bits per heavy atom. The zero-order chi connectivity index (χ0) is 14.4. The monoisotopic (exact) mass is 291 g/mol. The average Bonchev–Trinajstić information content (AvgIpc) is 2.95. The number of rotatable bonds is 1. The molecule has 20 heavy (non-hydrogen) atoms. The highest BCUT2D eigenvalue weighted by Crippen LogP contribution is 2.24. The highest BCUT2D eigenvalue weighted by molar-refractivity contribution is 7.13. The van der Waals surface area contributed by atoms with E-state index < -0.39 is 16.9 Å². The fraction of sp³-hybridized carbons (Fsp3) is 0.167. The van der Waals surface area contributed by atoms with E-state index in [2.05, 4.69) is 9.97 Å². The molecule has 3 aromatic heterocycles. The lowest BCUT2D eigenvalue weighted by molar-refractivity contribution is -0.374. The van der Waals surface area contributed by atoms with Crippen molar-refractivity contribution >= 4 is 22.4 Å². The first-order chi connectivity index (χ1) is 9.50. The molecule has 7 nitrogen and oxygen atoms in total. The molecule has 0 aromatic carbocycles. The van der Waals surface area contributed by atoms with Gasteiger partial charge < -0.3 is 0 Å². The summed E-state index contributed by atoms with van der Waals surface area (Å²) in [5.74, 6) is 0. The van der Waals surface area contributed by atoms with Crippen molar-refractivity contribution in [3.8, 4) is 10.6 Å². The SMILES string of the molecule is Cn1c(=O)c2c(-c3cccs3)[nH]c(=O)[nH+]c2n(C)c1=O. The molecule has 0 aliphatic heterocycles. The number of aromatic amines is 2. The summed E-state index contributed by atoms with van der Waals surface area (Å²) in [4.78, 5) is 41.9. The largest absolute Gasteiger partial charge is 0.439 e. The Balaban J connectivity index is 2.65. The van der Waals surface area contributed by atoms with Crippen molar-refractivity contribution in [3.63, 3.8) is 0 Å². The third-order valence-electron chi connectivity index (χ3n) is 3.15. The van der Waals surface area contributed by atoms with Crippen LogP contribution in [0.15, 0.2) is 31.9 Å². The van der Waals surface area contributed by atoms with E-state index in [9.17, 15) is 14.4 Å². The van der Waals surface area contributed by atoms with Gasteiger partial charge in [-0.3, -0.25) is 4.79 Å². The van der Waals surface area contributed by atoms with Crippen LogP contribution in [0, 0.1) is 0 Å². The minimum Gasteiger partial charge on any atom is -0.268 e. The van der Waals surface area contributed by atoms with E-state index in [-0.39, 0.29) is 11.0 Å². The first-order valence-corrected chi connectivity index (χ1v) is 6.68. The number of nitrogens with zero attached hydrogens (tertiary/aromatic N) is 2. The molecule has 0 fully saturated rings. The minimum absolute atomic E-state index is 0.213. The maximum absolute atomic E-state index is 12.3. The molecule has 3 rings (SSSR count). The van der Waals surface area contributed by atoms with Crippen molar-refractivity contribution in [1.82, 2.24) is 14.1 Å². The van der Waals surface area contributed by atoms with Crippen LogP contribution >= 0.6 is 11.3 Å². The van der Waals surface area contributed by atoms with Crippen molar-refractivity contribution in [3.05, 3.63) is 48.8 Å². The Labute approximate surface area is 115 Å². The van der Waals surface area contributed by atoms with Crippen LogP contribution < -0.4 is 21.9 Å². The second-order valence-corrected chi connectivity index (χ2v) is 5.31. The van der Waals surface area contributed by atoms with E-state index in [1.54, 1.807) is 6.07 Å². The Kier molecular flexibility index (Phi) is 2.68. The highest BCUT2D eigenvalue weighted by Gasteiger charge is 2.21. The van der Waals surface area contributed by atoms with Gasteiger partial charge in [0.15, 0.2) is 5.39 Å². The van der Waals surface area contributed by atoms with Gasteiger partial charge in [0.25, 0.3) is 5.56 Å². The van der Waals surface area contributed by atoms with Gasteiger partial charge in [0.1, 0.15) is 5.69 Å². The van der Waals surface area contributed by atoms with Crippen LogP contribution in [0.4, 0.5) is 0 Å². The van der Waals surface area contributed by atoms with Crippen LogP contribution in [-0.4, -0.2) is 14.1 Å². The Hall–Kier alpha value is -2.48. The molecule has 2 N–H and O–H groups in total. The average molecular weight is 291 g/mol. The normalized spacial score (nSPS) is 11.1. The van der Waals surface area contributed by atoms with Gasteiger partial charge in [-0.1, -0.05) is 6.07 Å². The molecule has 3 heterocycles. The molecule has 0 amide bonds. The summed E-state index contributed by atoms with van der Waals surface area (Å²) >= 11 is 1.40. The molecule has 0 saturated carbocycles. The lowest BCUT2D eigenvalue weighted by atomic mass is 10.2. The van der Waals surface area contributed by atoms with Gasteiger partial charge in [-0.2, -0.15) is 0 Å². The van der Waals surface area contributed by atoms with Gasteiger partial charge in [0.05, 0.1) is 11.9 Å². The van der Waals surface area contributed by atoms with Crippen molar-refractivity contribution in [2.75, 3.05) is 0 Å². The Bertz CT molecular complexity index is 979. The van der Waals surface area contributed by atoms with Gasteiger partial charge in [-0.25, -0.2) is 28.7 Å². The molecule has 0 spiro atoms. The van der Waals surface area contributed by atoms with Gasteiger partial charge in [-0.05, 0) is 11.4 Å². The summed E-state index contributed by atoms with van der Waals surface area (Å²) in [6, 6.07) is 3.63. The molecular formula is C12H11N4O3S+. The lowest BCUT2D eigenvalue weighted by Gasteiger charge is -2.04. The second kappa shape index (κ2) is 4.27. The molecule has 0 unspecified atom stereocenters. The summed E-state index contributed by atoms with van der Waals surface area (Å²) in [7, 11) is 2.92. The number of aryl methyl sites for hydroxylation is 1. The Morgan fingerprint density at radius 1 is 1.20 bits per heavy atom. The quantitative estimate of drug-likeness (QED) is 0.653. The van der Waals surface area contributed by atoms with Crippen molar-refractivity contribution in [2.24, 2.45) is 14.1 Å². The third kappa shape index (κ3) is 1.65. The zero-order valence-electron chi connectivity index (χ0n) is 10.8. The topological polar surface area (TPSA) is 91.0 Å². The highest BCUT2D eigenvalue weighted by atomic mass is 32.1. The predicted octanol–water partition coefficient (Wildman–Crippen LogP) is -0.532. The number of hydrogen-bond acceptors (Lipinski definition) is 4. The summed E-state index contributed by atoms with van der Waals surface area (Å²) in [5, 5.41) is 2.14. The van der Waals surface area contributed by atoms with Crippen molar-refractivity contribution in [1.29, 1.82) is 0 Å². The molecule has 102 valence electrons. The lowest BCUT2D eigenvalue weighted by Crippen LogP contribution is -2.43. The van der Waals surface area contributed by atoms with Crippen LogP contribution in [-0.2, 0) is 14.1 Å². The van der Waals surface area contributed by atoms with Crippen LogP contribution in [0.3, 0.4) is 0 Å². The smallest absolute Gasteiger partial charge is 0.268 e. The molecule has 0 radical (unpaired) electrons. The number of nitrogens with one attached hydrogen (secondary N) is 2. The van der Waals surface area contributed by atoms with Gasteiger partial charge in [0, 0.05) is 7.05 Å². The fourth-order valence-electron chi connectivity index (χ4n) is 2.14. The zero-order valence-corrected chi connectivity index (χ0v) is 11.6. The number of hydrogen-bond donors (Lipinski definition) is 1. The summed E-state index contributed by atoms with van der Waals surface area (Å²) < 4.78 is 2.27. The van der Waals surface area contributed by atoms with Crippen LogP contribution in [0.2, 0.25) is 0 Å². The molecule has 0 saturated heterocycles. The van der Waals surface area contributed by atoms with Gasteiger partial charge in [-0.15, -0.1) is 11.3 Å². The summed E-state index contributed by atoms with van der Waals surface area (Å²) in [6.45, 7) is 0. The number of fused-ring (bicyclic) bond motifs is 1. The van der Waals surface area contributed by atoms with E-state index in [4.69, 9.17) is 0 Å². The Morgan fingerprint density at radius 2 is 1.95 bits per heavy atom. The van der Waals surface area contributed by atoms with Crippen LogP contribution in [0.1, 0.15) is 0 Å². The van der Waals surface area contributed by atoms with Crippen molar-refractivity contribution < 1.29 is 4.98 Å². The fourth-order valence-corrected chi connectivity index (χ4v) is 2.87. The standard InChI is InChI=1S/C12H10N4O3S/c1-15-9-7(10(17)16(2)12(15)19)8(13-11(18)14-9)6-4-3-5-20-6/h3-5H,1-2H3,(H,13,14,18)/p+1. The van der Waals surface area contributed by atoms with E-state index in [0.717, 1.165) is 9.44 Å². The van der Waals surface area contributed by atoms with Crippen LogP contribution in [0.25, 0.3) is 21.6 Å². The maximum atomic E-state index is 12.3. The third-order valence-corrected chi connectivity index (χ3v) is 4.04. The number of H-pyrrole nitrogens is 2. The molecular weight excluding hydrogens is 280 g/mol. The second-order valence-electron chi connectivity index (χ2n) is 4.36. The van der Waals surface area contributed by atoms with E-state index in [1.807, 2.05) is 11.4 Å². The summed E-state index contributed by atoms with van der Waals surface area (Å²) in [6.07, 6.45) is 0. The first kappa shape index (κ1) is 12.5. The minimum atomic E-state index is -0.485. The molecule has 0 aliphatic rings. The summed E-state index contributed by atoms with van der Waals surface area (Å²) in [5.41, 5.74) is -0.759. The van der Waals surface area contributed by atoms with Crippen LogP contribution in [0.5, 0.6) is 0 Å². The molecule has 0 aliphatic carbocycles. The predicted molar refractivity (Wildman–Crippen MR) is 74.9 cm³/mol. The van der Waals surface area contributed by atoms with Gasteiger partial charge in [0.2, 0.25) is 5.65 Å². The van der Waals surface area contributed by atoms with E-state index in [0.29, 0.717) is 5.69 Å². The molecule has 8 heteroatoms. The first-order valence-electron chi connectivity index (χ1n) is 5.80. The molecule has 0 bridgehead atoms.